The molecule has 0 aliphatic rings. The van der Waals surface area contributed by atoms with Crippen molar-refractivity contribution in [3.63, 3.8) is 0 Å². The van der Waals surface area contributed by atoms with Gasteiger partial charge in [-0.1, -0.05) is 65.7 Å². The second-order valence-corrected chi connectivity index (χ2v) is 6.76. The molecule has 0 aliphatic heterocycles. The van der Waals surface area contributed by atoms with Crippen molar-refractivity contribution in [1.82, 2.24) is 10.6 Å². The minimum absolute atomic E-state index is 0.375. The highest BCUT2D eigenvalue weighted by Crippen LogP contribution is 2.07. The molecule has 2 unspecified atom stereocenters. The van der Waals surface area contributed by atoms with Crippen LogP contribution >= 0.6 is 0 Å². The van der Waals surface area contributed by atoms with Gasteiger partial charge in [0.25, 0.3) is 0 Å². The number of carbonyl (C=O) groups is 3. The number of hydrogen-bond acceptors (Lipinski definition) is 5. The molecule has 158 valence electrons. The highest BCUT2D eigenvalue weighted by atomic mass is 16.5. The van der Waals surface area contributed by atoms with E-state index in [0.29, 0.717) is 25.9 Å². The quantitative estimate of drug-likeness (QED) is 0.331. The smallest absolute Gasteiger partial charge is 0.407 e. The van der Waals surface area contributed by atoms with E-state index in [0.717, 1.165) is 25.7 Å². The summed E-state index contributed by atoms with van der Waals surface area (Å²) in [6, 6.07) is -1.42. The summed E-state index contributed by atoms with van der Waals surface area (Å²) in [7, 11) is 1.25. The molecule has 0 spiro atoms. The first-order chi connectivity index (χ1) is 13.0. The van der Waals surface area contributed by atoms with Gasteiger partial charge in [0.15, 0.2) is 0 Å². The lowest BCUT2D eigenvalue weighted by Gasteiger charge is -2.21. The zero-order valence-electron chi connectivity index (χ0n) is 17.5. The molecule has 2 atom stereocenters. The number of methoxy groups -OCH3 is 1. The zero-order chi connectivity index (χ0) is 20.5. The van der Waals surface area contributed by atoms with Crippen molar-refractivity contribution in [2.24, 2.45) is 0 Å². The van der Waals surface area contributed by atoms with Crippen LogP contribution in [0, 0.1) is 0 Å². The predicted molar refractivity (Wildman–Crippen MR) is 105 cm³/mol. The van der Waals surface area contributed by atoms with Crippen molar-refractivity contribution in [3.05, 3.63) is 0 Å². The summed E-state index contributed by atoms with van der Waals surface area (Å²) in [6.07, 6.45) is 8.43. The summed E-state index contributed by atoms with van der Waals surface area (Å²) in [5.41, 5.74) is 0. The van der Waals surface area contributed by atoms with E-state index >= 15 is 0 Å². The molecule has 0 bridgehead atoms. The fraction of sp³-hybridized carbons (Fsp3) is 0.850. The fourth-order valence-corrected chi connectivity index (χ4v) is 2.72. The van der Waals surface area contributed by atoms with Gasteiger partial charge in [-0.3, -0.25) is 4.79 Å². The molecule has 0 heterocycles. The number of unbranched alkanes of at least 4 members (excludes halogenated alkanes) is 5. The summed E-state index contributed by atoms with van der Waals surface area (Å²) < 4.78 is 9.90. The molecule has 0 aromatic heterocycles. The second-order valence-electron chi connectivity index (χ2n) is 6.76. The molecular formula is C20H38N2O5. The number of alkyl carbamates (subject to hydrolysis) is 1. The fourth-order valence-electron chi connectivity index (χ4n) is 2.72. The maximum absolute atomic E-state index is 12.5. The van der Waals surface area contributed by atoms with Gasteiger partial charge in [-0.05, 0) is 19.3 Å². The van der Waals surface area contributed by atoms with Crippen LogP contribution in [-0.2, 0) is 19.1 Å². The first kappa shape index (κ1) is 25.2. The minimum Gasteiger partial charge on any atom is -0.464 e. The Morgan fingerprint density at radius 1 is 0.778 bits per heavy atom. The Morgan fingerprint density at radius 3 is 1.96 bits per heavy atom. The SMILES string of the molecule is CCCCCCCCOC(=O)C(CCC)NC(=O)C(CCC)NC(=O)OC. The summed E-state index contributed by atoms with van der Waals surface area (Å²) in [4.78, 5) is 36.2. The van der Waals surface area contributed by atoms with Crippen LogP contribution in [0.1, 0.15) is 85.0 Å². The Kier molecular flexibility index (Phi) is 15.3. The van der Waals surface area contributed by atoms with Crippen LogP contribution in [-0.4, -0.2) is 43.8 Å². The standard InChI is InChI=1S/C20H38N2O5/c1-5-8-9-10-11-12-15-27-19(24)17(14-7-3)21-18(23)16(13-6-2)22-20(25)26-4/h16-17H,5-15H2,1-4H3,(H,21,23)(H,22,25). The molecule has 7 heteroatoms. The van der Waals surface area contributed by atoms with Crippen LogP contribution < -0.4 is 10.6 Å². The predicted octanol–water partition coefficient (Wildman–Crippen LogP) is 3.70. The largest absolute Gasteiger partial charge is 0.464 e. The molecule has 0 saturated carbocycles. The number of hydrogen-bond donors (Lipinski definition) is 2. The average molecular weight is 387 g/mol. The number of carbonyl (C=O) groups excluding carboxylic acids is 3. The monoisotopic (exact) mass is 386 g/mol. The normalized spacial score (nSPS) is 12.7. The zero-order valence-corrected chi connectivity index (χ0v) is 17.5. The molecule has 0 radical (unpaired) electrons. The van der Waals surface area contributed by atoms with E-state index < -0.39 is 30.1 Å². The van der Waals surface area contributed by atoms with Crippen LogP contribution in [0.2, 0.25) is 0 Å². The number of ether oxygens (including phenoxy) is 2. The Morgan fingerprint density at radius 2 is 1.37 bits per heavy atom. The van der Waals surface area contributed by atoms with Gasteiger partial charge >= 0.3 is 12.1 Å². The summed E-state index contributed by atoms with van der Waals surface area (Å²) in [5, 5.41) is 5.22. The van der Waals surface area contributed by atoms with Gasteiger partial charge in [0.2, 0.25) is 5.91 Å². The van der Waals surface area contributed by atoms with Crippen molar-refractivity contribution in [2.75, 3.05) is 13.7 Å². The van der Waals surface area contributed by atoms with Gasteiger partial charge in [-0.2, -0.15) is 0 Å². The van der Waals surface area contributed by atoms with Gasteiger partial charge in [0.1, 0.15) is 12.1 Å². The van der Waals surface area contributed by atoms with Crippen molar-refractivity contribution in [1.29, 1.82) is 0 Å². The van der Waals surface area contributed by atoms with E-state index in [-0.39, 0.29) is 0 Å². The highest BCUT2D eigenvalue weighted by molar-refractivity contribution is 5.89. The van der Waals surface area contributed by atoms with E-state index in [1.54, 1.807) is 0 Å². The molecule has 0 fully saturated rings. The minimum atomic E-state index is -0.729. The first-order valence-electron chi connectivity index (χ1n) is 10.3. The molecule has 0 aliphatic carbocycles. The second kappa shape index (κ2) is 16.4. The molecule has 27 heavy (non-hydrogen) atoms. The van der Waals surface area contributed by atoms with Crippen molar-refractivity contribution < 1.29 is 23.9 Å². The molecule has 0 aromatic carbocycles. The van der Waals surface area contributed by atoms with E-state index in [1.165, 1.54) is 26.4 Å². The van der Waals surface area contributed by atoms with E-state index in [9.17, 15) is 14.4 Å². The maximum atomic E-state index is 12.5. The molecule has 0 saturated heterocycles. The lowest BCUT2D eigenvalue weighted by molar-refractivity contribution is -0.148. The number of amides is 2. The first-order valence-corrected chi connectivity index (χ1v) is 10.3. The maximum Gasteiger partial charge on any atom is 0.407 e. The number of nitrogens with one attached hydrogen (secondary N) is 2. The Labute approximate surface area is 163 Å². The molecular weight excluding hydrogens is 348 g/mol. The van der Waals surface area contributed by atoms with E-state index in [2.05, 4.69) is 22.3 Å². The molecule has 2 amide bonds. The third-order valence-corrected chi connectivity index (χ3v) is 4.29. The number of rotatable bonds is 15. The summed E-state index contributed by atoms with van der Waals surface area (Å²) >= 11 is 0. The topological polar surface area (TPSA) is 93.7 Å². The Bertz CT molecular complexity index is 429. The van der Waals surface area contributed by atoms with Crippen LogP contribution in [0.5, 0.6) is 0 Å². The average Bonchev–Trinajstić information content (AvgIpc) is 2.66. The molecule has 7 nitrogen and oxygen atoms in total. The van der Waals surface area contributed by atoms with Gasteiger partial charge in [0.05, 0.1) is 13.7 Å². The Balaban J connectivity index is 4.46. The van der Waals surface area contributed by atoms with Crippen LogP contribution in [0.3, 0.4) is 0 Å². The van der Waals surface area contributed by atoms with Gasteiger partial charge < -0.3 is 20.1 Å². The highest BCUT2D eigenvalue weighted by Gasteiger charge is 2.26. The molecule has 0 rings (SSSR count). The van der Waals surface area contributed by atoms with Crippen molar-refractivity contribution in [2.45, 2.75) is 97.1 Å². The van der Waals surface area contributed by atoms with Gasteiger partial charge in [-0.15, -0.1) is 0 Å². The van der Waals surface area contributed by atoms with Crippen molar-refractivity contribution in [3.8, 4) is 0 Å². The summed E-state index contributed by atoms with van der Waals surface area (Å²) in [6.45, 7) is 6.41. The number of esters is 1. The summed E-state index contributed by atoms with van der Waals surface area (Å²) in [5.74, 6) is -0.802. The van der Waals surface area contributed by atoms with Crippen LogP contribution in [0.4, 0.5) is 4.79 Å². The van der Waals surface area contributed by atoms with Crippen molar-refractivity contribution >= 4 is 18.0 Å². The van der Waals surface area contributed by atoms with Gasteiger partial charge in [0, 0.05) is 0 Å². The van der Waals surface area contributed by atoms with Crippen LogP contribution in [0.15, 0.2) is 0 Å². The Hall–Kier alpha value is -1.79. The van der Waals surface area contributed by atoms with E-state index in [1.807, 2.05) is 13.8 Å². The molecule has 0 aromatic rings. The third-order valence-electron chi connectivity index (χ3n) is 4.29. The van der Waals surface area contributed by atoms with E-state index in [4.69, 9.17) is 4.74 Å². The van der Waals surface area contributed by atoms with Crippen LogP contribution in [0.25, 0.3) is 0 Å². The lowest BCUT2D eigenvalue weighted by Crippen LogP contribution is -2.51. The lowest BCUT2D eigenvalue weighted by atomic mass is 10.1. The third kappa shape index (κ3) is 12.3. The molecule has 2 N–H and O–H groups in total. The van der Waals surface area contributed by atoms with Gasteiger partial charge in [-0.25, -0.2) is 9.59 Å².